The topological polar surface area (TPSA) is 110 Å². The molecule has 1 aliphatic rings. The first kappa shape index (κ1) is 21.1. The first-order valence-corrected chi connectivity index (χ1v) is 11.3. The van der Waals surface area contributed by atoms with Gasteiger partial charge in [0.25, 0.3) is 0 Å². The molecule has 5 heterocycles. The molecule has 1 saturated heterocycles. The Morgan fingerprint density at radius 2 is 2.00 bits per heavy atom. The number of nitrogens with one attached hydrogen (secondary N) is 2. The number of H-pyrrole nitrogens is 1. The number of anilines is 3. The van der Waals surface area contributed by atoms with Crippen molar-refractivity contribution in [1.29, 1.82) is 0 Å². The van der Waals surface area contributed by atoms with Crippen LogP contribution in [-0.2, 0) is 9.47 Å². The lowest BCUT2D eigenvalue weighted by molar-refractivity contribution is 0.0593. The largest absolute Gasteiger partial charge is 0.464 e. The van der Waals surface area contributed by atoms with Crippen molar-refractivity contribution in [3.8, 4) is 11.1 Å². The van der Waals surface area contributed by atoms with E-state index >= 15 is 0 Å². The molecule has 0 aliphatic carbocycles. The number of morpholine rings is 1. The molecule has 1 aliphatic heterocycles. The Morgan fingerprint density at radius 3 is 2.80 bits per heavy atom. The number of aromatic amines is 1. The number of methoxy groups -OCH3 is 1. The van der Waals surface area contributed by atoms with Crippen LogP contribution < -0.4 is 10.2 Å². The highest BCUT2D eigenvalue weighted by Gasteiger charge is 2.22. The summed E-state index contributed by atoms with van der Waals surface area (Å²) in [5.74, 6) is 0.222. The Labute approximate surface area is 200 Å². The maximum absolute atomic E-state index is 12.9. The molecule has 0 amide bonds. The summed E-state index contributed by atoms with van der Waals surface area (Å²) in [5.41, 5.74) is 5.17. The van der Waals surface area contributed by atoms with Crippen LogP contribution in [0.2, 0.25) is 0 Å². The average Bonchev–Trinajstić information content (AvgIpc) is 3.58. The lowest BCUT2D eigenvalue weighted by atomic mass is 10.0. The summed E-state index contributed by atoms with van der Waals surface area (Å²) in [5, 5.41) is 11.5. The molecule has 0 bridgehead atoms. The number of benzene rings is 1. The number of esters is 1. The van der Waals surface area contributed by atoms with Crippen molar-refractivity contribution >= 4 is 39.7 Å². The van der Waals surface area contributed by atoms with Crippen molar-refractivity contribution in [3.63, 3.8) is 0 Å². The van der Waals surface area contributed by atoms with E-state index in [1.807, 2.05) is 42.6 Å². The summed E-state index contributed by atoms with van der Waals surface area (Å²) >= 11 is 0. The molecular weight excluding hydrogens is 446 g/mol. The Morgan fingerprint density at radius 1 is 1.11 bits per heavy atom. The first-order chi connectivity index (χ1) is 17.2. The van der Waals surface area contributed by atoms with Crippen LogP contribution in [0.15, 0.2) is 61.2 Å². The van der Waals surface area contributed by atoms with Crippen LogP contribution in [-0.4, -0.2) is 63.9 Å². The van der Waals surface area contributed by atoms with E-state index in [-0.39, 0.29) is 0 Å². The molecule has 0 spiro atoms. The van der Waals surface area contributed by atoms with Crippen molar-refractivity contribution in [2.45, 2.75) is 0 Å². The van der Waals surface area contributed by atoms with Crippen molar-refractivity contribution in [2.24, 2.45) is 0 Å². The Bertz CT molecular complexity index is 1520. The summed E-state index contributed by atoms with van der Waals surface area (Å²) in [6.07, 6.45) is 7.02. The van der Waals surface area contributed by atoms with Crippen LogP contribution in [0.3, 0.4) is 0 Å². The fourth-order valence-electron chi connectivity index (χ4n) is 4.42. The molecule has 2 N–H and O–H groups in total. The van der Waals surface area contributed by atoms with Crippen LogP contribution in [0.1, 0.15) is 10.5 Å². The first-order valence-electron chi connectivity index (χ1n) is 11.3. The normalized spacial score (nSPS) is 13.9. The zero-order chi connectivity index (χ0) is 23.8. The Hall–Kier alpha value is -4.44. The minimum absolute atomic E-state index is 0.389. The number of imidazole rings is 1. The van der Waals surface area contributed by atoms with Gasteiger partial charge in [0.15, 0.2) is 5.65 Å². The van der Waals surface area contributed by atoms with E-state index in [1.54, 1.807) is 23.0 Å². The zero-order valence-electron chi connectivity index (χ0n) is 19.1. The van der Waals surface area contributed by atoms with E-state index in [9.17, 15) is 4.79 Å². The van der Waals surface area contributed by atoms with Crippen LogP contribution >= 0.6 is 0 Å². The fraction of sp³-hybridized carbons (Fsp3) is 0.200. The van der Waals surface area contributed by atoms with Crippen LogP contribution in [0, 0.1) is 0 Å². The third-order valence-corrected chi connectivity index (χ3v) is 6.18. The third kappa shape index (κ3) is 3.83. The molecule has 0 saturated carbocycles. The van der Waals surface area contributed by atoms with Gasteiger partial charge in [-0.15, -0.1) is 0 Å². The van der Waals surface area contributed by atoms with Gasteiger partial charge in [-0.1, -0.05) is 12.1 Å². The highest BCUT2D eigenvalue weighted by atomic mass is 16.5. The summed E-state index contributed by atoms with van der Waals surface area (Å²) in [4.78, 5) is 24.2. The van der Waals surface area contributed by atoms with Gasteiger partial charge in [0.1, 0.15) is 11.5 Å². The van der Waals surface area contributed by atoms with Crippen molar-refractivity contribution in [3.05, 3.63) is 66.9 Å². The second-order valence-corrected chi connectivity index (χ2v) is 8.23. The van der Waals surface area contributed by atoms with E-state index in [4.69, 9.17) is 9.47 Å². The Balaban J connectivity index is 1.43. The molecule has 35 heavy (non-hydrogen) atoms. The molecule has 5 aromatic rings. The quantitative estimate of drug-likeness (QED) is 0.376. The maximum atomic E-state index is 12.9. The van der Waals surface area contributed by atoms with Gasteiger partial charge in [-0.3, -0.25) is 9.50 Å². The number of nitrogens with zero attached hydrogens (tertiary/aromatic N) is 5. The predicted octanol–water partition coefficient (Wildman–Crippen LogP) is 3.64. The fourth-order valence-corrected chi connectivity index (χ4v) is 4.42. The number of carbonyl (C=O) groups excluding carboxylic acids is 1. The number of carbonyl (C=O) groups is 1. The number of ether oxygens (including phenoxy) is 2. The number of aromatic nitrogens is 5. The number of fused-ring (bicyclic) bond motifs is 2. The molecule has 0 atom stereocenters. The SMILES string of the molecule is COC(=O)c1c(-c2ccc3cn[nH]c3c2)cc(Nc2ccc(N3CCOCC3)cn2)c2nccn12. The number of pyridine rings is 2. The molecule has 0 radical (unpaired) electrons. The minimum Gasteiger partial charge on any atom is -0.464 e. The van der Waals surface area contributed by atoms with Gasteiger partial charge in [-0.25, -0.2) is 14.8 Å². The third-order valence-electron chi connectivity index (χ3n) is 6.18. The molecule has 10 heteroatoms. The van der Waals surface area contributed by atoms with Gasteiger partial charge >= 0.3 is 5.97 Å². The smallest absolute Gasteiger partial charge is 0.355 e. The van der Waals surface area contributed by atoms with Crippen molar-refractivity contribution in [2.75, 3.05) is 43.6 Å². The van der Waals surface area contributed by atoms with Crippen LogP contribution in [0.25, 0.3) is 27.7 Å². The van der Waals surface area contributed by atoms with E-state index in [0.717, 1.165) is 48.5 Å². The summed E-state index contributed by atoms with van der Waals surface area (Å²) < 4.78 is 12.3. The van der Waals surface area contributed by atoms with E-state index < -0.39 is 5.97 Å². The molecule has 4 aromatic heterocycles. The van der Waals surface area contributed by atoms with E-state index in [0.29, 0.717) is 28.4 Å². The molecule has 6 rings (SSSR count). The predicted molar refractivity (Wildman–Crippen MR) is 132 cm³/mol. The highest BCUT2D eigenvalue weighted by molar-refractivity contribution is 6.00. The van der Waals surface area contributed by atoms with Gasteiger partial charge < -0.3 is 19.7 Å². The van der Waals surface area contributed by atoms with E-state index in [2.05, 4.69) is 30.4 Å². The zero-order valence-corrected chi connectivity index (χ0v) is 19.1. The molecule has 10 nitrogen and oxygen atoms in total. The van der Waals surface area contributed by atoms with Crippen molar-refractivity contribution in [1.82, 2.24) is 24.6 Å². The Kier molecular flexibility index (Phi) is 5.27. The standard InChI is InChI=1S/C25H23N7O3/c1-34-25(33)23-19(16-2-3-17-14-28-30-20(17)12-16)13-21(24-26-6-7-32(23)24)29-22-5-4-18(15-27-22)31-8-10-35-11-9-31/h2-7,12-15H,8-11H2,1H3,(H,27,29)(H,28,30). The monoisotopic (exact) mass is 469 g/mol. The lowest BCUT2D eigenvalue weighted by Gasteiger charge is -2.28. The van der Waals surface area contributed by atoms with Gasteiger partial charge in [-0.2, -0.15) is 5.10 Å². The molecule has 1 fully saturated rings. The van der Waals surface area contributed by atoms with Gasteiger partial charge in [0.05, 0.1) is 49.6 Å². The highest BCUT2D eigenvalue weighted by Crippen LogP contribution is 2.33. The summed E-state index contributed by atoms with van der Waals surface area (Å²) in [7, 11) is 1.37. The van der Waals surface area contributed by atoms with Gasteiger partial charge in [0.2, 0.25) is 0 Å². The lowest BCUT2D eigenvalue weighted by Crippen LogP contribution is -2.36. The number of hydrogen-bond donors (Lipinski definition) is 2. The summed E-state index contributed by atoms with van der Waals surface area (Å²) in [6.45, 7) is 3.14. The molecular formula is C25H23N7O3. The van der Waals surface area contributed by atoms with Crippen LogP contribution in [0.4, 0.5) is 17.2 Å². The number of rotatable bonds is 5. The number of hydrogen-bond acceptors (Lipinski definition) is 8. The summed E-state index contributed by atoms with van der Waals surface area (Å²) in [6, 6.07) is 11.8. The van der Waals surface area contributed by atoms with E-state index in [1.165, 1.54) is 7.11 Å². The van der Waals surface area contributed by atoms with Crippen LogP contribution in [0.5, 0.6) is 0 Å². The average molecular weight is 470 g/mol. The molecule has 1 aromatic carbocycles. The molecule has 0 unspecified atom stereocenters. The second kappa shape index (κ2) is 8.73. The van der Waals surface area contributed by atoms with Gasteiger partial charge in [-0.05, 0) is 29.8 Å². The van der Waals surface area contributed by atoms with Crippen molar-refractivity contribution < 1.29 is 14.3 Å². The van der Waals surface area contributed by atoms with Gasteiger partial charge in [0, 0.05) is 36.4 Å². The molecule has 176 valence electrons. The minimum atomic E-state index is -0.452. The second-order valence-electron chi connectivity index (χ2n) is 8.23. The maximum Gasteiger partial charge on any atom is 0.355 e.